The van der Waals surface area contributed by atoms with E-state index in [-0.39, 0.29) is 5.84 Å². The lowest BCUT2D eigenvalue weighted by Crippen LogP contribution is -2.30. The number of aryl methyl sites for hydroxylation is 2. The predicted octanol–water partition coefficient (Wildman–Crippen LogP) is 1.27. The van der Waals surface area contributed by atoms with Gasteiger partial charge in [-0.3, -0.25) is 15.0 Å². The van der Waals surface area contributed by atoms with Gasteiger partial charge >= 0.3 is 0 Å². The van der Waals surface area contributed by atoms with Crippen LogP contribution in [0.1, 0.15) is 37.6 Å². The molecule has 18 heavy (non-hydrogen) atoms. The van der Waals surface area contributed by atoms with Crippen molar-refractivity contribution in [1.82, 2.24) is 14.7 Å². The lowest BCUT2D eigenvalue weighted by atomic mass is 10.2. The van der Waals surface area contributed by atoms with Crippen molar-refractivity contribution in [3.63, 3.8) is 0 Å². The minimum Gasteiger partial charge on any atom is -0.388 e. The lowest BCUT2D eigenvalue weighted by molar-refractivity contribution is 0.255. The summed E-state index contributed by atoms with van der Waals surface area (Å²) in [5.74, 6) is 0.278. The molecule has 1 fully saturated rings. The standard InChI is InChI=1S/C13H23N5/c1-3-10-8-12(17(2)16-10)9-18(11-4-5-11)7-6-13(14)15/h8,11H,3-7,9H2,1-2H3,(H3,14,15). The van der Waals surface area contributed by atoms with Gasteiger partial charge in [-0.15, -0.1) is 0 Å². The van der Waals surface area contributed by atoms with E-state index in [0.717, 1.165) is 25.2 Å². The van der Waals surface area contributed by atoms with Crippen molar-refractivity contribution in [2.24, 2.45) is 12.8 Å². The number of hydrogen-bond acceptors (Lipinski definition) is 3. The Hall–Kier alpha value is -1.36. The molecule has 3 N–H and O–H groups in total. The van der Waals surface area contributed by atoms with Crippen molar-refractivity contribution in [2.45, 2.75) is 45.2 Å². The Balaban J connectivity index is 1.98. The number of rotatable bonds is 7. The first-order valence-corrected chi connectivity index (χ1v) is 6.69. The van der Waals surface area contributed by atoms with E-state index < -0.39 is 0 Å². The molecular formula is C13H23N5. The fourth-order valence-corrected chi connectivity index (χ4v) is 2.19. The highest BCUT2D eigenvalue weighted by Crippen LogP contribution is 2.28. The Morgan fingerprint density at radius 1 is 1.61 bits per heavy atom. The van der Waals surface area contributed by atoms with Crippen molar-refractivity contribution in [3.8, 4) is 0 Å². The molecule has 0 atom stereocenters. The van der Waals surface area contributed by atoms with Crippen LogP contribution in [0.4, 0.5) is 0 Å². The predicted molar refractivity (Wildman–Crippen MR) is 72.5 cm³/mol. The van der Waals surface area contributed by atoms with E-state index in [9.17, 15) is 0 Å². The summed E-state index contributed by atoms with van der Waals surface area (Å²) >= 11 is 0. The van der Waals surface area contributed by atoms with Gasteiger partial charge in [0.25, 0.3) is 0 Å². The Morgan fingerprint density at radius 3 is 2.83 bits per heavy atom. The highest BCUT2D eigenvalue weighted by Gasteiger charge is 2.29. The molecule has 2 rings (SSSR count). The van der Waals surface area contributed by atoms with Crippen molar-refractivity contribution in [2.75, 3.05) is 6.54 Å². The van der Waals surface area contributed by atoms with Gasteiger partial charge in [0.05, 0.1) is 17.2 Å². The van der Waals surface area contributed by atoms with Crippen molar-refractivity contribution in [1.29, 1.82) is 5.41 Å². The minimum atomic E-state index is 0.278. The van der Waals surface area contributed by atoms with Crippen molar-refractivity contribution in [3.05, 3.63) is 17.5 Å². The number of amidine groups is 1. The highest BCUT2D eigenvalue weighted by molar-refractivity contribution is 5.76. The molecule has 0 bridgehead atoms. The zero-order valence-corrected chi connectivity index (χ0v) is 11.3. The molecule has 100 valence electrons. The van der Waals surface area contributed by atoms with Crippen LogP contribution in [0.15, 0.2) is 6.07 Å². The summed E-state index contributed by atoms with van der Waals surface area (Å²) in [5.41, 5.74) is 7.85. The molecule has 5 nitrogen and oxygen atoms in total. The van der Waals surface area contributed by atoms with Crippen LogP contribution in [0.2, 0.25) is 0 Å². The highest BCUT2D eigenvalue weighted by atomic mass is 15.3. The van der Waals surface area contributed by atoms with Crippen LogP contribution < -0.4 is 5.73 Å². The number of nitrogens with one attached hydrogen (secondary N) is 1. The van der Waals surface area contributed by atoms with Gasteiger partial charge in [0.1, 0.15) is 0 Å². The van der Waals surface area contributed by atoms with E-state index in [2.05, 4.69) is 23.0 Å². The lowest BCUT2D eigenvalue weighted by Gasteiger charge is -2.21. The summed E-state index contributed by atoms with van der Waals surface area (Å²) in [4.78, 5) is 2.43. The summed E-state index contributed by atoms with van der Waals surface area (Å²) in [5, 5.41) is 11.8. The molecule has 1 aliphatic carbocycles. The average Bonchev–Trinajstić information content (AvgIpc) is 3.10. The van der Waals surface area contributed by atoms with Gasteiger partial charge in [0.2, 0.25) is 0 Å². The van der Waals surface area contributed by atoms with E-state index in [0.29, 0.717) is 12.5 Å². The fraction of sp³-hybridized carbons (Fsp3) is 0.692. The fourth-order valence-electron chi connectivity index (χ4n) is 2.19. The Labute approximate surface area is 108 Å². The van der Waals surface area contributed by atoms with Gasteiger partial charge in [0.15, 0.2) is 0 Å². The third-order valence-electron chi connectivity index (χ3n) is 3.49. The first kappa shape index (κ1) is 13.1. The molecule has 1 aromatic heterocycles. The molecule has 0 spiro atoms. The topological polar surface area (TPSA) is 70.9 Å². The van der Waals surface area contributed by atoms with E-state index in [1.54, 1.807) is 0 Å². The van der Waals surface area contributed by atoms with Gasteiger partial charge in [-0.2, -0.15) is 5.10 Å². The molecule has 5 heteroatoms. The van der Waals surface area contributed by atoms with Crippen LogP contribution >= 0.6 is 0 Å². The average molecular weight is 249 g/mol. The van der Waals surface area contributed by atoms with Crippen LogP contribution in [-0.2, 0) is 20.0 Å². The van der Waals surface area contributed by atoms with Gasteiger partial charge in [-0.25, -0.2) is 0 Å². The van der Waals surface area contributed by atoms with E-state index in [1.807, 2.05) is 11.7 Å². The Bertz CT molecular complexity index is 419. The normalized spacial score (nSPS) is 15.3. The molecule has 0 radical (unpaired) electrons. The van der Waals surface area contributed by atoms with Gasteiger partial charge < -0.3 is 5.73 Å². The number of nitrogens with zero attached hydrogens (tertiary/aromatic N) is 3. The van der Waals surface area contributed by atoms with E-state index >= 15 is 0 Å². The SMILES string of the molecule is CCc1cc(CN(CCC(=N)N)C2CC2)n(C)n1. The van der Waals surface area contributed by atoms with Crippen LogP contribution in [0.25, 0.3) is 0 Å². The van der Waals surface area contributed by atoms with E-state index in [1.165, 1.54) is 18.5 Å². The maximum atomic E-state index is 7.34. The smallest absolute Gasteiger partial charge is 0.0918 e. The maximum absolute atomic E-state index is 7.34. The molecule has 0 aliphatic heterocycles. The molecule has 0 amide bonds. The van der Waals surface area contributed by atoms with Crippen molar-refractivity contribution >= 4 is 5.84 Å². The third-order valence-corrected chi connectivity index (χ3v) is 3.49. The van der Waals surface area contributed by atoms with Crippen LogP contribution in [0.3, 0.4) is 0 Å². The summed E-state index contributed by atoms with van der Waals surface area (Å²) < 4.78 is 1.97. The molecule has 1 heterocycles. The number of aromatic nitrogens is 2. The molecule has 1 aliphatic rings. The summed E-state index contributed by atoms with van der Waals surface area (Å²) in [6.45, 7) is 3.93. The molecule has 1 saturated carbocycles. The van der Waals surface area contributed by atoms with Gasteiger partial charge in [-0.05, 0) is 25.3 Å². The van der Waals surface area contributed by atoms with Gasteiger partial charge in [-0.1, -0.05) is 6.92 Å². The molecule has 0 unspecified atom stereocenters. The second-order valence-electron chi connectivity index (χ2n) is 5.08. The molecular weight excluding hydrogens is 226 g/mol. The quantitative estimate of drug-likeness (QED) is 0.565. The zero-order chi connectivity index (χ0) is 13.1. The molecule has 1 aromatic rings. The summed E-state index contributed by atoms with van der Waals surface area (Å²) in [7, 11) is 2.00. The third kappa shape index (κ3) is 3.32. The Kier molecular flexibility index (Phi) is 4.01. The van der Waals surface area contributed by atoms with Crippen LogP contribution in [0, 0.1) is 5.41 Å². The first-order valence-electron chi connectivity index (χ1n) is 6.69. The van der Waals surface area contributed by atoms with Crippen LogP contribution in [-0.4, -0.2) is 33.1 Å². The maximum Gasteiger partial charge on any atom is 0.0918 e. The monoisotopic (exact) mass is 249 g/mol. The molecule has 0 aromatic carbocycles. The number of hydrogen-bond donors (Lipinski definition) is 2. The zero-order valence-electron chi connectivity index (χ0n) is 11.3. The number of nitrogens with two attached hydrogens (primary N) is 1. The second-order valence-corrected chi connectivity index (χ2v) is 5.08. The van der Waals surface area contributed by atoms with Gasteiger partial charge in [0, 0.05) is 32.6 Å². The van der Waals surface area contributed by atoms with Crippen molar-refractivity contribution < 1.29 is 0 Å². The van der Waals surface area contributed by atoms with E-state index in [4.69, 9.17) is 11.1 Å². The minimum absolute atomic E-state index is 0.278. The summed E-state index contributed by atoms with van der Waals surface area (Å²) in [6.07, 6.45) is 4.19. The summed E-state index contributed by atoms with van der Waals surface area (Å²) in [6, 6.07) is 2.87. The second kappa shape index (κ2) is 5.52. The largest absolute Gasteiger partial charge is 0.388 e. The Morgan fingerprint density at radius 2 is 2.33 bits per heavy atom. The first-order chi connectivity index (χ1) is 8.60. The van der Waals surface area contributed by atoms with Crippen LogP contribution in [0.5, 0.6) is 0 Å². The molecule has 0 saturated heterocycles.